The number of carbonyl (C=O) groups is 1. The van der Waals surface area contributed by atoms with Gasteiger partial charge in [-0.1, -0.05) is 24.3 Å². The van der Waals surface area contributed by atoms with Gasteiger partial charge in [0.25, 0.3) is 11.5 Å². The average Bonchev–Trinajstić information content (AvgIpc) is 2.96. The first-order valence-electron chi connectivity index (χ1n) is 9.98. The number of para-hydroxylation sites is 1. The van der Waals surface area contributed by atoms with Crippen molar-refractivity contribution in [1.82, 2.24) is 9.36 Å². The molecular formula is C22H24N4O5S. The third-order valence-corrected chi connectivity index (χ3v) is 6.63. The van der Waals surface area contributed by atoms with Gasteiger partial charge in [0.2, 0.25) is 10.0 Å². The second-order valence-electron chi connectivity index (χ2n) is 7.80. The third kappa shape index (κ3) is 3.77. The number of hydrogen-bond acceptors (Lipinski definition) is 5. The van der Waals surface area contributed by atoms with Gasteiger partial charge in [-0.2, -0.15) is 0 Å². The molecule has 168 valence electrons. The normalized spacial score (nSPS) is 15.8. The minimum atomic E-state index is -3.65. The quantitative estimate of drug-likeness (QED) is 0.647. The van der Waals surface area contributed by atoms with Crippen LogP contribution in [-0.2, 0) is 21.9 Å². The first kappa shape index (κ1) is 21.7. The van der Waals surface area contributed by atoms with Gasteiger partial charge in [-0.05, 0) is 43.7 Å². The van der Waals surface area contributed by atoms with Crippen LogP contribution in [0.15, 0.2) is 53.3 Å². The molecule has 9 nitrogen and oxygen atoms in total. The van der Waals surface area contributed by atoms with Crippen LogP contribution in [0.1, 0.15) is 11.3 Å². The summed E-state index contributed by atoms with van der Waals surface area (Å²) in [7, 11) is -1.92. The van der Waals surface area contributed by atoms with Gasteiger partial charge >= 0.3 is 0 Å². The number of benzene rings is 2. The van der Waals surface area contributed by atoms with E-state index in [1.807, 2.05) is 25.1 Å². The Morgan fingerprint density at radius 1 is 1.12 bits per heavy atom. The zero-order valence-electron chi connectivity index (χ0n) is 18.2. The summed E-state index contributed by atoms with van der Waals surface area (Å²) in [5.74, 6) is -0.310. The first-order chi connectivity index (χ1) is 15.1. The highest BCUT2D eigenvalue weighted by Gasteiger charge is 2.36. The molecule has 1 unspecified atom stereocenters. The van der Waals surface area contributed by atoms with Crippen molar-refractivity contribution in [3.05, 3.63) is 70.1 Å². The second-order valence-corrected chi connectivity index (χ2v) is 9.70. The lowest BCUT2D eigenvalue weighted by Crippen LogP contribution is -2.48. The second kappa shape index (κ2) is 7.86. The number of ether oxygens (including phenoxy) is 1. The number of anilines is 2. The van der Waals surface area contributed by atoms with Crippen LogP contribution in [-0.4, -0.2) is 42.6 Å². The molecule has 1 N–H and O–H groups in total. The highest BCUT2D eigenvalue weighted by molar-refractivity contribution is 7.92. The lowest BCUT2D eigenvalue weighted by molar-refractivity contribution is -0.122. The number of nitrogens with one attached hydrogen (secondary N) is 1. The molecule has 1 atom stereocenters. The predicted molar refractivity (Wildman–Crippen MR) is 122 cm³/mol. The summed E-state index contributed by atoms with van der Waals surface area (Å²) in [4.78, 5) is 26.1. The molecule has 10 heteroatoms. The van der Waals surface area contributed by atoms with Crippen molar-refractivity contribution in [2.45, 2.75) is 20.0 Å². The number of sulfonamides is 1. The summed E-state index contributed by atoms with van der Waals surface area (Å²) in [6.45, 7) is 3.37. The molecule has 4 rings (SSSR count). The van der Waals surface area contributed by atoms with Gasteiger partial charge in [0.15, 0.2) is 6.10 Å². The molecular weight excluding hydrogens is 432 g/mol. The Kier molecular flexibility index (Phi) is 5.33. The maximum Gasteiger partial charge on any atom is 0.295 e. The van der Waals surface area contributed by atoms with Gasteiger partial charge < -0.3 is 10.1 Å². The van der Waals surface area contributed by atoms with Gasteiger partial charge in [-0.3, -0.25) is 18.6 Å². The number of rotatable bonds is 4. The fourth-order valence-electron chi connectivity index (χ4n) is 3.73. The number of nitrogens with zero attached hydrogens (tertiary/aromatic N) is 3. The van der Waals surface area contributed by atoms with E-state index in [4.69, 9.17) is 4.74 Å². The highest BCUT2D eigenvalue weighted by atomic mass is 32.2. The predicted octanol–water partition coefficient (Wildman–Crippen LogP) is 1.96. The Labute approximate surface area is 185 Å². The molecule has 3 aromatic rings. The lowest BCUT2D eigenvalue weighted by Gasteiger charge is -2.34. The molecule has 2 heterocycles. The number of carbonyl (C=O) groups excluding carboxylic acids is 1. The molecule has 1 aliphatic rings. The fourth-order valence-corrected chi connectivity index (χ4v) is 4.63. The number of fused-ring (bicyclic) bond motifs is 1. The minimum absolute atomic E-state index is 0.116. The van der Waals surface area contributed by atoms with E-state index in [0.717, 1.165) is 16.1 Å². The van der Waals surface area contributed by atoms with Crippen LogP contribution in [0.5, 0.6) is 5.75 Å². The van der Waals surface area contributed by atoms with Crippen molar-refractivity contribution < 1.29 is 17.9 Å². The fraction of sp³-hybridized carbons (Fsp3) is 0.273. The van der Waals surface area contributed by atoms with Crippen molar-refractivity contribution in [3.63, 3.8) is 0 Å². The van der Waals surface area contributed by atoms with Crippen molar-refractivity contribution in [1.29, 1.82) is 0 Å². The highest BCUT2D eigenvalue weighted by Crippen LogP contribution is 2.36. The van der Waals surface area contributed by atoms with Crippen LogP contribution in [0, 0.1) is 13.8 Å². The smallest absolute Gasteiger partial charge is 0.295 e. The summed E-state index contributed by atoms with van der Waals surface area (Å²) in [5, 5.41) is 2.65. The van der Waals surface area contributed by atoms with Crippen LogP contribution < -0.4 is 19.9 Å². The topological polar surface area (TPSA) is 103 Å². The van der Waals surface area contributed by atoms with Crippen LogP contribution in [0.25, 0.3) is 5.69 Å². The molecule has 0 aliphatic carbocycles. The van der Waals surface area contributed by atoms with E-state index >= 15 is 0 Å². The number of hydrogen-bond donors (Lipinski definition) is 1. The molecule has 0 spiro atoms. The first-order valence-corrected chi connectivity index (χ1v) is 11.8. The van der Waals surface area contributed by atoms with Crippen LogP contribution in [0.3, 0.4) is 0 Å². The Bertz CT molecular complexity index is 1360. The summed E-state index contributed by atoms with van der Waals surface area (Å²) < 4.78 is 34.8. The number of amides is 1. The number of aromatic nitrogens is 2. The van der Waals surface area contributed by atoms with Crippen LogP contribution in [0.4, 0.5) is 11.4 Å². The average molecular weight is 457 g/mol. The Hall–Kier alpha value is -3.53. The SMILES string of the molecule is Cc1ccc2c(c1)N(S(C)(=O)=O)CC(C(=O)Nc1c(C)n(C)n(-c3ccccc3)c1=O)O2. The Morgan fingerprint density at radius 3 is 2.47 bits per heavy atom. The molecule has 0 saturated heterocycles. The lowest BCUT2D eigenvalue weighted by atomic mass is 10.1. The Balaban J connectivity index is 1.67. The summed E-state index contributed by atoms with van der Waals surface area (Å²) in [5.41, 5.74) is 2.19. The van der Waals surface area contributed by atoms with E-state index in [2.05, 4.69) is 5.32 Å². The third-order valence-electron chi connectivity index (χ3n) is 5.48. The molecule has 1 aliphatic heterocycles. The number of aryl methyl sites for hydroxylation is 1. The molecule has 0 radical (unpaired) electrons. The van der Waals surface area contributed by atoms with Gasteiger partial charge in [-0.25, -0.2) is 13.1 Å². The van der Waals surface area contributed by atoms with E-state index in [-0.39, 0.29) is 12.2 Å². The molecule has 32 heavy (non-hydrogen) atoms. The zero-order chi connectivity index (χ0) is 23.2. The summed E-state index contributed by atoms with van der Waals surface area (Å²) in [6, 6.07) is 14.2. The van der Waals surface area contributed by atoms with E-state index in [0.29, 0.717) is 22.8 Å². The summed E-state index contributed by atoms with van der Waals surface area (Å²) in [6.07, 6.45) is -0.0386. The maximum atomic E-state index is 13.1. The maximum absolute atomic E-state index is 13.1. The van der Waals surface area contributed by atoms with Crippen molar-refractivity contribution >= 4 is 27.3 Å². The molecule has 0 fully saturated rings. The monoisotopic (exact) mass is 456 g/mol. The van der Waals surface area contributed by atoms with Gasteiger partial charge in [0, 0.05) is 7.05 Å². The van der Waals surface area contributed by atoms with E-state index in [9.17, 15) is 18.0 Å². The zero-order valence-corrected chi connectivity index (χ0v) is 19.0. The van der Waals surface area contributed by atoms with Gasteiger partial charge in [0.05, 0.1) is 29.9 Å². The molecule has 1 amide bonds. The van der Waals surface area contributed by atoms with Crippen LogP contribution >= 0.6 is 0 Å². The molecule has 1 aromatic heterocycles. The van der Waals surface area contributed by atoms with Gasteiger partial charge in [0.1, 0.15) is 11.4 Å². The molecule has 0 saturated carbocycles. The largest absolute Gasteiger partial charge is 0.476 e. The molecule has 2 aromatic carbocycles. The summed E-state index contributed by atoms with van der Waals surface area (Å²) >= 11 is 0. The minimum Gasteiger partial charge on any atom is -0.476 e. The van der Waals surface area contributed by atoms with E-state index in [1.165, 1.54) is 4.68 Å². The van der Waals surface area contributed by atoms with Crippen molar-refractivity contribution in [2.75, 3.05) is 22.4 Å². The van der Waals surface area contributed by atoms with E-state index in [1.54, 1.807) is 49.0 Å². The molecule has 0 bridgehead atoms. The van der Waals surface area contributed by atoms with Crippen LogP contribution in [0.2, 0.25) is 0 Å². The van der Waals surface area contributed by atoms with Crippen molar-refractivity contribution in [3.8, 4) is 11.4 Å². The standard InChI is InChI=1S/C22H24N4O5S/c1-14-10-11-18-17(12-14)25(32(4,29)30)13-19(31-18)21(27)23-20-15(2)24(3)26(22(20)28)16-8-6-5-7-9-16/h5-12,19H,13H2,1-4H3,(H,23,27). The van der Waals surface area contributed by atoms with Crippen molar-refractivity contribution in [2.24, 2.45) is 7.05 Å². The van der Waals surface area contributed by atoms with Gasteiger partial charge in [-0.15, -0.1) is 0 Å². The van der Waals surface area contributed by atoms with E-state index < -0.39 is 27.6 Å². The Morgan fingerprint density at radius 2 is 1.81 bits per heavy atom.